The lowest BCUT2D eigenvalue weighted by atomic mass is 9.85. The van der Waals surface area contributed by atoms with E-state index in [1.807, 2.05) is 38.1 Å². The molecule has 2 atom stereocenters. The van der Waals surface area contributed by atoms with Crippen LogP contribution in [0.3, 0.4) is 0 Å². The van der Waals surface area contributed by atoms with Crippen molar-refractivity contribution in [2.45, 2.75) is 63.2 Å². The molecule has 0 radical (unpaired) electrons. The number of carboxylic acid groups (broad SMARTS) is 1. The maximum absolute atomic E-state index is 11.9. The van der Waals surface area contributed by atoms with Gasteiger partial charge in [0.1, 0.15) is 16.7 Å². The lowest BCUT2D eigenvalue weighted by molar-refractivity contribution is -0.137. The first-order valence-corrected chi connectivity index (χ1v) is 14.6. The van der Waals surface area contributed by atoms with Crippen LogP contribution in [0.15, 0.2) is 65.6 Å². The van der Waals surface area contributed by atoms with Gasteiger partial charge in [0.25, 0.3) is 0 Å². The average Bonchev–Trinajstić information content (AvgIpc) is 3.22. The monoisotopic (exact) mass is 536 g/mol. The second-order valence-electron chi connectivity index (χ2n) is 10.5. The van der Waals surface area contributed by atoms with Crippen molar-refractivity contribution >= 4 is 16.7 Å². The van der Waals surface area contributed by atoms with Crippen LogP contribution in [0.2, 0.25) is 0 Å². The van der Waals surface area contributed by atoms with Crippen LogP contribution in [0, 0.1) is 6.92 Å². The fraction of sp³-hybridized carbons (Fsp3) is 0.367. The van der Waals surface area contributed by atoms with Gasteiger partial charge in [-0.05, 0) is 65.9 Å². The van der Waals surface area contributed by atoms with Gasteiger partial charge < -0.3 is 9.84 Å². The third-order valence-corrected chi connectivity index (χ3v) is 9.60. The predicted molar refractivity (Wildman–Crippen MR) is 150 cm³/mol. The third kappa shape index (κ3) is 5.32. The van der Waals surface area contributed by atoms with Crippen molar-refractivity contribution in [3.8, 4) is 5.75 Å². The molecule has 5 rings (SSSR count). The molecule has 2 aliphatic rings. The van der Waals surface area contributed by atoms with Gasteiger partial charge in [-0.2, -0.15) is 4.31 Å². The van der Waals surface area contributed by atoms with Gasteiger partial charge in [-0.1, -0.05) is 55.5 Å². The molecular formula is C30H36N2O5S. The first kappa shape index (κ1) is 26.7. The van der Waals surface area contributed by atoms with Gasteiger partial charge in [0.05, 0.1) is 13.0 Å². The van der Waals surface area contributed by atoms with Crippen molar-refractivity contribution in [1.29, 1.82) is 0 Å². The Balaban J connectivity index is 1.50. The Labute approximate surface area is 226 Å². The Kier molecular flexibility index (Phi) is 7.53. The van der Waals surface area contributed by atoms with Gasteiger partial charge in [-0.15, -0.1) is 10.8 Å². The summed E-state index contributed by atoms with van der Waals surface area (Å²) in [7, 11) is -1.20. The van der Waals surface area contributed by atoms with Crippen molar-refractivity contribution in [3.05, 3.63) is 94.0 Å². The highest BCUT2D eigenvalue weighted by molar-refractivity contribution is 8.22. The molecule has 2 heterocycles. The fourth-order valence-electron chi connectivity index (χ4n) is 5.50. The average molecular weight is 537 g/mol. The summed E-state index contributed by atoms with van der Waals surface area (Å²) in [6, 6.07) is 19.5. The molecule has 3 aromatic rings. The van der Waals surface area contributed by atoms with Crippen LogP contribution in [0.25, 0.3) is 0 Å². The highest BCUT2D eigenvalue weighted by Crippen LogP contribution is 2.57. The van der Waals surface area contributed by atoms with Crippen molar-refractivity contribution < 1.29 is 23.7 Å². The molecule has 202 valence electrons. The second-order valence-corrected chi connectivity index (χ2v) is 12.5. The summed E-state index contributed by atoms with van der Waals surface area (Å²) in [6.45, 7) is 6.47. The molecule has 38 heavy (non-hydrogen) atoms. The largest absolute Gasteiger partial charge is 0.487 e. The molecule has 0 amide bonds. The summed E-state index contributed by atoms with van der Waals surface area (Å²) >= 11 is 0. The van der Waals surface area contributed by atoms with Crippen LogP contribution in [0.1, 0.15) is 59.1 Å². The lowest BCUT2D eigenvalue weighted by Crippen LogP contribution is -2.34. The summed E-state index contributed by atoms with van der Waals surface area (Å²) in [4.78, 5) is 14.6. The number of aryl methyl sites for hydroxylation is 1. The van der Waals surface area contributed by atoms with E-state index in [2.05, 4.69) is 30.1 Å². The van der Waals surface area contributed by atoms with Gasteiger partial charge in [-0.3, -0.25) is 18.8 Å². The minimum atomic E-state index is -3.28. The van der Waals surface area contributed by atoms with Crippen LogP contribution in [-0.2, 0) is 24.4 Å². The van der Waals surface area contributed by atoms with Crippen molar-refractivity contribution in [2.24, 2.45) is 0 Å². The first-order valence-electron chi connectivity index (χ1n) is 13.1. The van der Waals surface area contributed by atoms with Crippen LogP contribution < -0.4 is 4.74 Å². The van der Waals surface area contributed by atoms with E-state index in [9.17, 15) is 19.0 Å². The Morgan fingerprint density at radius 1 is 1.05 bits per heavy atom. The SMILES string of the molecule is CC[C@@H]1CN(Cc2cc(C(CC(=O)O)c3ccc4c(c3)CN(C)C4)ccc2C)S(O)(O)c2ccccc2O1. The standard InChI is InChI=1S/C30H36N2O5S/c1-4-26-19-32(38(35,36)29-8-6-5-7-28(29)37-26)18-24-13-21(10-9-20(24)2)27(15-30(33)34)22-11-12-23-16-31(3)17-25(23)14-22/h5-14,26-27,35-36H,4,15-19H2,1-3H3,(H,33,34)/t26-,27?/m1/s1. The van der Waals surface area contributed by atoms with E-state index in [1.54, 1.807) is 22.5 Å². The smallest absolute Gasteiger partial charge is 0.304 e. The van der Waals surface area contributed by atoms with Gasteiger partial charge in [0, 0.05) is 25.6 Å². The number of nitrogens with zero attached hydrogens (tertiary/aromatic N) is 2. The number of carboxylic acids is 1. The number of hydrogen-bond donors (Lipinski definition) is 3. The van der Waals surface area contributed by atoms with Crippen molar-refractivity contribution in [1.82, 2.24) is 9.21 Å². The van der Waals surface area contributed by atoms with Crippen LogP contribution in [-0.4, -0.2) is 49.1 Å². The Bertz CT molecular complexity index is 1340. The zero-order chi connectivity index (χ0) is 27.0. The molecule has 2 aliphatic heterocycles. The number of ether oxygens (including phenoxy) is 1. The number of rotatable bonds is 7. The number of fused-ring (bicyclic) bond motifs is 2. The summed E-state index contributed by atoms with van der Waals surface area (Å²) in [5, 5.41) is 9.78. The summed E-state index contributed by atoms with van der Waals surface area (Å²) in [5.41, 5.74) is 6.39. The van der Waals surface area contributed by atoms with Crippen molar-refractivity contribution in [2.75, 3.05) is 13.6 Å². The van der Waals surface area contributed by atoms with Crippen LogP contribution >= 0.6 is 10.8 Å². The topological polar surface area (TPSA) is 93.5 Å². The highest BCUT2D eigenvalue weighted by atomic mass is 32.3. The van der Waals surface area contributed by atoms with Crippen LogP contribution in [0.5, 0.6) is 5.75 Å². The number of hydrogen-bond acceptors (Lipinski definition) is 6. The minimum absolute atomic E-state index is 0.0187. The van der Waals surface area contributed by atoms with Gasteiger partial charge in [-0.25, -0.2) is 0 Å². The Morgan fingerprint density at radius 3 is 2.53 bits per heavy atom. The Morgan fingerprint density at radius 2 is 1.76 bits per heavy atom. The van der Waals surface area contributed by atoms with Crippen molar-refractivity contribution in [3.63, 3.8) is 0 Å². The molecule has 0 spiro atoms. The van der Waals surface area contributed by atoms with Crippen LogP contribution in [0.4, 0.5) is 0 Å². The molecular weight excluding hydrogens is 500 g/mol. The molecule has 8 heteroatoms. The van der Waals surface area contributed by atoms with Gasteiger partial charge >= 0.3 is 5.97 Å². The molecule has 0 aromatic heterocycles. The fourth-order valence-corrected chi connectivity index (χ4v) is 7.12. The van der Waals surface area contributed by atoms with E-state index < -0.39 is 16.7 Å². The number of carbonyl (C=O) groups is 1. The molecule has 0 saturated carbocycles. The van der Waals surface area contributed by atoms with E-state index in [1.165, 1.54) is 11.1 Å². The number of benzene rings is 3. The van der Waals surface area contributed by atoms with E-state index >= 15 is 0 Å². The normalized spacial score (nSPS) is 20.6. The third-order valence-electron chi connectivity index (χ3n) is 7.67. The molecule has 7 nitrogen and oxygen atoms in total. The zero-order valence-corrected chi connectivity index (χ0v) is 22.9. The van der Waals surface area contributed by atoms with E-state index in [0.29, 0.717) is 23.7 Å². The second kappa shape index (κ2) is 10.7. The minimum Gasteiger partial charge on any atom is -0.487 e. The molecule has 3 aromatic carbocycles. The lowest BCUT2D eigenvalue weighted by Gasteiger charge is -2.42. The maximum atomic E-state index is 11.9. The maximum Gasteiger partial charge on any atom is 0.304 e. The summed E-state index contributed by atoms with van der Waals surface area (Å²) < 4.78 is 30.7. The quantitative estimate of drug-likeness (QED) is 0.329. The number of para-hydroxylation sites is 1. The van der Waals surface area contributed by atoms with E-state index in [4.69, 9.17) is 4.74 Å². The predicted octanol–water partition coefficient (Wildman–Crippen LogP) is 6.24. The van der Waals surface area contributed by atoms with Gasteiger partial charge in [0.15, 0.2) is 0 Å². The number of aliphatic carboxylic acids is 1. The molecule has 3 N–H and O–H groups in total. The molecule has 0 saturated heterocycles. The summed E-state index contributed by atoms with van der Waals surface area (Å²) in [5.74, 6) is -0.646. The van der Waals surface area contributed by atoms with E-state index in [-0.39, 0.29) is 18.4 Å². The molecule has 1 unspecified atom stereocenters. The molecule has 0 aliphatic carbocycles. The Hall–Kier alpha value is -2.88. The van der Waals surface area contributed by atoms with Gasteiger partial charge in [0.2, 0.25) is 0 Å². The highest BCUT2D eigenvalue weighted by Gasteiger charge is 2.35. The van der Waals surface area contributed by atoms with E-state index in [0.717, 1.165) is 41.8 Å². The summed E-state index contributed by atoms with van der Waals surface area (Å²) in [6.07, 6.45) is 0.528. The zero-order valence-electron chi connectivity index (χ0n) is 22.1. The molecule has 0 fully saturated rings. The molecule has 0 bridgehead atoms. The first-order chi connectivity index (χ1) is 18.2.